The molecule has 0 radical (unpaired) electrons. The molecule has 536 valence electrons. The molecule has 0 spiro atoms. The summed E-state index contributed by atoms with van der Waals surface area (Å²) in [6, 6.07) is -0.955. The molecule has 3 aliphatic rings. The highest BCUT2D eigenvalue weighted by molar-refractivity contribution is 7.53. The molecule has 3 aliphatic heterocycles. The lowest BCUT2D eigenvalue weighted by Crippen LogP contribution is -2.55. The van der Waals surface area contributed by atoms with Gasteiger partial charge in [-0.15, -0.1) is 0 Å². The van der Waals surface area contributed by atoms with Crippen LogP contribution in [-0.4, -0.2) is 237 Å². The van der Waals surface area contributed by atoms with Gasteiger partial charge in [-0.25, -0.2) is 0 Å². The van der Waals surface area contributed by atoms with E-state index in [4.69, 9.17) is 32.9 Å². The van der Waals surface area contributed by atoms with Crippen LogP contribution in [0.2, 0.25) is 0 Å². The van der Waals surface area contributed by atoms with Crippen LogP contribution in [0.4, 0.5) is 0 Å². The van der Waals surface area contributed by atoms with Crippen LogP contribution in [0.15, 0.2) is 0 Å². The second-order valence-electron chi connectivity index (χ2n) is 25.3. The van der Waals surface area contributed by atoms with Crippen molar-refractivity contribution < 1.29 is 117 Å². The summed E-state index contributed by atoms with van der Waals surface area (Å²) in [5.74, 6) is -3.88. The van der Waals surface area contributed by atoms with Gasteiger partial charge in [-0.3, -0.25) is 33.3 Å². The smallest absolute Gasteiger partial charge is 0.330 e. The Labute approximate surface area is 543 Å². The highest BCUT2D eigenvalue weighted by Gasteiger charge is 2.45. The van der Waals surface area contributed by atoms with Gasteiger partial charge in [0.25, 0.3) is 0 Å². The summed E-state index contributed by atoms with van der Waals surface area (Å²) in [5.41, 5.74) is -0.591. The first-order valence-electron chi connectivity index (χ1n) is 33.7. The molecule has 28 nitrogen and oxygen atoms in total. The maximum absolute atomic E-state index is 14.4. The summed E-state index contributed by atoms with van der Waals surface area (Å²) >= 11 is 0. The lowest BCUT2D eigenvalue weighted by Gasteiger charge is -2.40. The van der Waals surface area contributed by atoms with E-state index in [2.05, 4.69) is 21.3 Å². The number of rotatable bonds is 50. The third kappa shape index (κ3) is 30.9. The van der Waals surface area contributed by atoms with Gasteiger partial charge in [0.15, 0.2) is 24.7 Å². The van der Waals surface area contributed by atoms with Crippen molar-refractivity contribution in [1.29, 1.82) is 0 Å². The number of ether oxygens (including phenoxy) is 6. The standard InChI is InChI=1S/C63H115N4O24P/c1-40(2)92(83,84)88-35-28-45(71)23-10-6-16-31-66-60(82)44(22-14-17-29-64-51(73)25-11-7-19-32-85-61-41(3)54(76)57(79)48(37-68)89-61)36-47(72)46(67-53(75)27-13-9-21-34-87-63-43(5)56(78)59(81)50(39-70)91-63)24-15-18-30-65-52(74)26-12-8-20-33-86-62-42(4)55(77)58(80)49(38-69)90-62/h40-44,46,48-50,54-59,61-63,68-70,76-81H,6-39H2,1-5H3,(H,64,73)(H,65,74)(H,66,82)(H,67,75)(H,83,84)/t41?,42?,43?,44?,46?,48?,49?,50?,54-,55-,56-,57+,58+,59+,61-,62-,63-/m1/s1. The number of unbranched alkanes of at least 4 members (excludes halogenated alkanes) is 10. The number of aliphatic hydroxyl groups excluding tert-OH is 9. The van der Waals surface area contributed by atoms with Gasteiger partial charge in [0.2, 0.25) is 23.6 Å². The summed E-state index contributed by atoms with van der Waals surface area (Å²) in [5, 5.41) is 102. The first-order chi connectivity index (χ1) is 43.9. The van der Waals surface area contributed by atoms with Crippen LogP contribution < -0.4 is 21.3 Å². The summed E-state index contributed by atoms with van der Waals surface area (Å²) < 4.78 is 51.4. The molecule has 3 rings (SSSR count). The predicted octanol–water partition coefficient (Wildman–Crippen LogP) is 1.82. The van der Waals surface area contributed by atoms with E-state index >= 15 is 0 Å². The molecule has 0 aromatic heterocycles. The molecule has 3 heterocycles. The Kier molecular flexibility index (Phi) is 41.6. The lowest BCUT2D eigenvalue weighted by molar-refractivity contribution is -0.282. The van der Waals surface area contributed by atoms with Crippen molar-refractivity contribution in [2.45, 2.75) is 274 Å². The maximum atomic E-state index is 14.4. The van der Waals surface area contributed by atoms with Gasteiger partial charge in [-0.1, -0.05) is 66.7 Å². The van der Waals surface area contributed by atoms with Gasteiger partial charge in [-0.05, 0) is 83.5 Å². The number of aliphatic hydroxyl groups is 9. The minimum absolute atomic E-state index is 0.000241. The quantitative estimate of drug-likeness (QED) is 0.0305. The number of nitrogens with one attached hydrogen (secondary N) is 4. The number of hydrogen-bond donors (Lipinski definition) is 14. The van der Waals surface area contributed by atoms with E-state index in [1.54, 1.807) is 34.6 Å². The van der Waals surface area contributed by atoms with Gasteiger partial charge in [0, 0.05) is 102 Å². The Morgan fingerprint density at radius 3 is 1.26 bits per heavy atom. The van der Waals surface area contributed by atoms with Crippen LogP contribution in [0.25, 0.3) is 0 Å². The summed E-state index contributed by atoms with van der Waals surface area (Å²) in [7, 11) is -3.79. The SMILES string of the molecule is CC1[C@H](OCCCCCC(=O)NCCCCC(CC(=O)C(CCCCNC(=O)CCCCCO[C@@H]2OC(CO)[C@H](O)[C@H](O)C2C)NC(=O)CCCCCO[C@@H]2OC(CO)[C@H](O)[C@H](O)C2C)C(=O)NCCCCCC(=O)CCOP(=O)(O)C(C)C)OC(CO)[C@H](O)[C@@H]1O. The molecule has 0 aromatic rings. The van der Waals surface area contributed by atoms with Crippen molar-refractivity contribution in [2.24, 2.45) is 23.7 Å². The number of Topliss-reactive ketones (excluding diaryl/α,β-unsaturated/α-hetero) is 2. The van der Waals surface area contributed by atoms with Crippen molar-refractivity contribution >= 4 is 42.8 Å². The molecule has 0 bridgehead atoms. The lowest BCUT2D eigenvalue weighted by atomic mass is 9.91. The zero-order valence-electron chi connectivity index (χ0n) is 55.1. The van der Waals surface area contributed by atoms with Crippen LogP contribution in [0, 0.1) is 23.7 Å². The summed E-state index contributed by atoms with van der Waals surface area (Å²) in [4.78, 5) is 89.8. The van der Waals surface area contributed by atoms with Gasteiger partial charge >= 0.3 is 7.60 Å². The topological polar surface area (TPSA) is 435 Å². The molecule has 0 aromatic carbocycles. The number of amides is 4. The highest BCUT2D eigenvalue weighted by atomic mass is 31.2. The second kappa shape index (κ2) is 46.1. The molecule has 9 unspecified atom stereocenters. The van der Waals surface area contributed by atoms with E-state index in [0.717, 1.165) is 0 Å². The largest absolute Gasteiger partial charge is 0.394 e. The number of carbonyl (C=O) groups excluding carboxylic acids is 6. The molecule has 4 amide bonds. The van der Waals surface area contributed by atoms with E-state index in [-0.39, 0.29) is 113 Å². The Bertz CT molecular complexity index is 2150. The number of hydrogen-bond acceptors (Lipinski definition) is 23. The third-order valence-electron chi connectivity index (χ3n) is 17.4. The molecule has 3 fully saturated rings. The first-order valence-corrected chi connectivity index (χ1v) is 35.4. The van der Waals surface area contributed by atoms with E-state index in [1.807, 2.05) is 0 Å². The Morgan fingerprint density at radius 1 is 0.457 bits per heavy atom. The van der Waals surface area contributed by atoms with Crippen LogP contribution in [0.1, 0.15) is 189 Å². The average Bonchev–Trinajstić information content (AvgIpc) is 1.10. The molecule has 3 saturated heterocycles. The zero-order valence-corrected chi connectivity index (χ0v) is 56.0. The predicted molar refractivity (Wildman–Crippen MR) is 335 cm³/mol. The number of carbonyl (C=O) groups is 6. The fraction of sp³-hybridized carbons (Fsp3) is 0.905. The zero-order chi connectivity index (χ0) is 68.2. The maximum Gasteiger partial charge on any atom is 0.330 e. The third-order valence-corrected chi connectivity index (χ3v) is 19.2. The Hall–Kier alpha value is -3.23. The van der Waals surface area contributed by atoms with Crippen molar-refractivity contribution in [3.63, 3.8) is 0 Å². The second-order valence-corrected chi connectivity index (χ2v) is 27.7. The van der Waals surface area contributed by atoms with E-state index in [1.165, 1.54) is 0 Å². The Balaban J connectivity index is 1.57. The summed E-state index contributed by atoms with van der Waals surface area (Å²) in [6.45, 7) is 8.27. The van der Waals surface area contributed by atoms with Gasteiger partial charge < -0.3 is 105 Å². The van der Waals surface area contributed by atoms with Crippen molar-refractivity contribution in [3.8, 4) is 0 Å². The van der Waals surface area contributed by atoms with Crippen molar-refractivity contribution in [2.75, 3.05) is 65.9 Å². The van der Waals surface area contributed by atoms with Crippen LogP contribution >= 0.6 is 7.60 Å². The Morgan fingerprint density at radius 2 is 0.837 bits per heavy atom. The minimum Gasteiger partial charge on any atom is -0.394 e. The molecular formula is C63H115N4O24P. The normalized spacial score (nSPS) is 28.0. The molecule has 0 aliphatic carbocycles. The fourth-order valence-electron chi connectivity index (χ4n) is 11.0. The molecular weight excluding hydrogens is 1230 g/mol. The molecule has 92 heavy (non-hydrogen) atoms. The van der Waals surface area contributed by atoms with E-state index < -0.39 is 137 Å². The minimum atomic E-state index is -3.79. The molecule has 18 atom stereocenters. The van der Waals surface area contributed by atoms with Crippen LogP contribution in [-0.2, 0) is 66.3 Å². The van der Waals surface area contributed by atoms with Crippen molar-refractivity contribution in [3.05, 3.63) is 0 Å². The first kappa shape index (κ1) is 83.0. The monoisotopic (exact) mass is 1340 g/mol. The highest BCUT2D eigenvalue weighted by Crippen LogP contribution is 2.47. The number of ketones is 2. The van der Waals surface area contributed by atoms with Gasteiger partial charge in [-0.2, -0.15) is 0 Å². The van der Waals surface area contributed by atoms with Crippen LogP contribution in [0.3, 0.4) is 0 Å². The molecule has 0 saturated carbocycles. The average molecular weight is 1340 g/mol. The molecule has 29 heteroatoms. The van der Waals surface area contributed by atoms with Crippen molar-refractivity contribution in [1.82, 2.24) is 21.3 Å². The van der Waals surface area contributed by atoms with E-state index in [0.29, 0.717) is 122 Å². The summed E-state index contributed by atoms with van der Waals surface area (Å²) in [6.07, 6.45) is -2.49. The van der Waals surface area contributed by atoms with E-state index in [9.17, 15) is 84.2 Å². The molecule has 14 N–H and O–H groups in total. The van der Waals surface area contributed by atoms with Crippen LogP contribution in [0.5, 0.6) is 0 Å². The fourth-order valence-corrected chi connectivity index (χ4v) is 11.6. The van der Waals surface area contributed by atoms with Gasteiger partial charge in [0.1, 0.15) is 42.4 Å². The van der Waals surface area contributed by atoms with Gasteiger partial charge in [0.05, 0.1) is 56.4 Å².